The number of amides is 2. The van der Waals surface area contributed by atoms with E-state index in [1.807, 2.05) is 31.2 Å². The van der Waals surface area contributed by atoms with E-state index >= 15 is 0 Å². The van der Waals surface area contributed by atoms with E-state index in [2.05, 4.69) is 10.2 Å². The summed E-state index contributed by atoms with van der Waals surface area (Å²) in [6, 6.07) is 9.34. The van der Waals surface area contributed by atoms with Crippen LogP contribution in [-0.4, -0.2) is 63.2 Å². The molecular formula is C18H18N4O3S2. The van der Waals surface area contributed by atoms with Gasteiger partial charge in [-0.1, -0.05) is 41.3 Å². The Balaban J connectivity index is 1.35. The molecule has 0 N–H and O–H groups in total. The van der Waals surface area contributed by atoms with Gasteiger partial charge in [0.05, 0.1) is 5.25 Å². The van der Waals surface area contributed by atoms with Crippen LogP contribution < -0.4 is 0 Å². The lowest BCUT2D eigenvalue weighted by Gasteiger charge is -2.35. The van der Waals surface area contributed by atoms with Gasteiger partial charge in [-0.25, -0.2) is 0 Å². The van der Waals surface area contributed by atoms with Crippen molar-refractivity contribution < 1.29 is 14.0 Å². The summed E-state index contributed by atoms with van der Waals surface area (Å²) in [4.78, 5) is 28.9. The van der Waals surface area contributed by atoms with Gasteiger partial charge >= 0.3 is 0 Å². The first-order valence-electron chi connectivity index (χ1n) is 8.61. The molecule has 3 heterocycles. The average Bonchev–Trinajstić information content (AvgIpc) is 3.36. The van der Waals surface area contributed by atoms with Crippen molar-refractivity contribution in [3.8, 4) is 0 Å². The maximum absolute atomic E-state index is 12.7. The Hall–Kier alpha value is -2.39. The number of rotatable bonds is 4. The fraction of sp³-hybridized carbons (Fsp3) is 0.333. The fourth-order valence-corrected chi connectivity index (χ4v) is 4.76. The highest BCUT2D eigenvalue weighted by Gasteiger charge is 2.29. The predicted molar refractivity (Wildman–Crippen MR) is 104 cm³/mol. The zero-order valence-corrected chi connectivity index (χ0v) is 16.3. The molecule has 0 unspecified atom stereocenters. The largest absolute Gasteiger partial charge is 0.451 e. The summed E-state index contributed by atoms with van der Waals surface area (Å²) in [6.07, 6.45) is 0. The van der Waals surface area contributed by atoms with Crippen LogP contribution in [0.25, 0.3) is 11.0 Å². The Morgan fingerprint density at radius 2 is 1.93 bits per heavy atom. The number of carbonyl (C=O) groups is 2. The van der Waals surface area contributed by atoms with E-state index in [0.717, 1.165) is 9.73 Å². The van der Waals surface area contributed by atoms with Gasteiger partial charge in [0.25, 0.3) is 5.91 Å². The average molecular weight is 403 g/mol. The van der Waals surface area contributed by atoms with Crippen molar-refractivity contribution in [3.05, 3.63) is 41.6 Å². The van der Waals surface area contributed by atoms with Crippen molar-refractivity contribution in [1.82, 2.24) is 20.0 Å². The normalized spacial score (nSPS) is 15.9. The minimum atomic E-state index is -0.226. The van der Waals surface area contributed by atoms with Crippen molar-refractivity contribution >= 4 is 45.9 Å². The van der Waals surface area contributed by atoms with Gasteiger partial charge in [0.15, 0.2) is 10.1 Å². The van der Waals surface area contributed by atoms with Crippen LogP contribution in [0.15, 0.2) is 44.6 Å². The Kier molecular flexibility index (Phi) is 5.13. The summed E-state index contributed by atoms with van der Waals surface area (Å²) in [5.74, 6) is 0.275. The molecule has 9 heteroatoms. The van der Waals surface area contributed by atoms with Crippen molar-refractivity contribution in [2.24, 2.45) is 0 Å². The second-order valence-corrected chi connectivity index (χ2v) is 8.65. The van der Waals surface area contributed by atoms with Gasteiger partial charge in [-0.15, -0.1) is 10.2 Å². The third-order valence-electron chi connectivity index (χ3n) is 4.48. The molecule has 1 aromatic carbocycles. The molecule has 0 bridgehead atoms. The number of benzene rings is 1. The lowest BCUT2D eigenvalue weighted by atomic mass is 10.2. The molecule has 1 aliphatic heterocycles. The van der Waals surface area contributed by atoms with Crippen LogP contribution in [-0.2, 0) is 4.79 Å². The number of carbonyl (C=O) groups excluding carboxylic acids is 2. The van der Waals surface area contributed by atoms with E-state index in [0.29, 0.717) is 37.5 Å². The number of furan rings is 1. The molecule has 140 valence electrons. The molecule has 27 heavy (non-hydrogen) atoms. The summed E-state index contributed by atoms with van der Waals surface area (Å²) in [5.41, 5.74) is 2.36. The topological polar surface area (TPSA) is 79.5 Å². The van der Waals surface area contributed by atoms with Gasteiger partial charge in [-0.05, 0) is 19.1 Å². The van der Waals surface area contributed by atoms with Crippen LogP contribution in [0.3, 0.4) is 0 Å². The lowest BCUT2D eigenvalue weighted by molar-refractivity contribution is -0.131. The van der Waals surface area contributed by atoms with Crippen LogP contribution >= 0.6 is 23.1 Å². The summed E-state index contributed by atoms with van der Waals surface area (Å²) >= 11 is 2.84. The smallest absolute Gasteiger partial charge is 0.289 e. The second kappa shape index (κ2) is 7.69. The minimum Gasteiger partial charge on any atom is -0.451 e. The number of para-hydroxylation sites is 1. The molecule has 0 saturated carbocycles. The summed E-state index contributed by atoms with van der Waals surface area (Å²) in [7, 11) is 0. The van der Waals surface area contributed by atoms with Crippen LogP contribution in [0, 0.1) is 0 Å². The van der Waals surface area contributed by atoms with Crippen molar-refractivity contribution in [2.75, 3.05) is 26.2 Å². The number of hydrogen-bond acceptors (Lipinski definition) is 7. The molecule has 1 saturated heterocycles. The number of aromatic nitrogens is 2. The first kappa shape index (κ1) is 18.0. The molecule has 4 rings (SSSR count). The van der Waals surface area contributed by atoms with E-state index in [4.69, 9.17) is 4.42 Å². The number of thioether (sulfide) groups is 1. The third kappa shape index (κ3) is 3.84. The molecule has 1 aliphatic rings. The van der Waals surface area contributed by atoms with Gasteiger partial charge in [0, 0.05) is 31.6 Å². The third-order valence-corrected chi connectivity index (χ3v) is 6.38. The molecule has 1 fully saturated rings. The van der Waals surface area contributed by atoms with Gasteiger partial charge in [0.2, 0.25) is 5.91 Å². The van der Waals surface area contributed by atoms with Crippen molar-refractivity contribution in [2.45, 2.75) is 16.5 Å². The lowest BCUT2D eigenvalue weighted by Crippen LogP contribution is -2.52. The molecule has 2 amide bonds. The van der Waals surface area contributed by atoms with Gasteiger partial charge < -0.3 is 14.2 Å². The zero-order chi connectivity index (χ0) is 18.8. The Labute approximate surface area is 164 Å². The Bertz CT molecular complexity index is 916. The van der Waals surface area contributed by atoms with Crippen LogP contribution in [0.2, 0.25) is 0 Å². The van der Waals surface area contributed by atoms with Crippen molar-refractivity contribution in [1.29, 1.82) is 0 Å². The van der Waals surface area contributed by atoms with E-state index in [-0.39, 0.29) is 17.1 Å². The number of nitrogens with zero attached hydrogens (tertiary/aromatic N) is 4. The van der Waals surface area contributed by atoms with E-state index in [9.17, 15) is 9.59 Å². The van der Waals surface area contributed by atoms with Gasteiger partial charge in [0.1, 0.15) is 11.1 Å². The predicted octanol–water partition coefficient (Wildman–Crippen LogP) is 2.75. The highest BCUT2D eigenvalue weighted by atomic mass is 32.2. The summed E-state index contributed by atoms with van der Waals surface area (Å²) in [5, 5.41) is 8.45. The second-order valence-electron chi connectivity index (χ2n) is 6.23. The maximum Gasteiger partial charge on any atom is 0.289 e. The first-order chi connectivity index (χ1) is 13.1. The zero-order valence-electron chi connectivity index (χ0n) is 14.7. The van der Waals surface area contributed by atoms with E-state index < -0.39 is 0 Å². The Morgan fingerprint density at radius 3 is 2.63 bits per heavy atom. The number of fused-ring (bicyclic) bond motifs is 1. The molecule has 1 atom stereocenters. The molecule has 0 spiro atoms. The standard InChI is InChI=1S/C18H18N4O3S2/c1-12(27-18-20-19-11-26-18)16(23)21-6-8-22(9-7-21)17(24)15-10-13-4-2-3-5-14(13)25-15/h2-5,10-12H,6-9H2,1H3/t12-/m1/s1. The number of piperazine rings is 1. The molecule has 0 aliphatic carbocycles. The highest BCUT2D eigenvalue weighted by molar-refractivity contribution is 8.02. The summed E-state index contributed by atoms with van der Waals surface area (Å²) in [6.45, 7) is 3.91. The minimum absolute atomic E-state index is 0.0611. The highest BCUT2D eigenvalue weighted by Crippen LogP contribution is 2.26. The molecule has 7 nitrogen and oxygen atoms in total. The molecular weight excluding hydrogens is 384 g/mol. The van der Waals surface area contributed by atoms with Gasteiger partial charge in [-0.2, -0.15) is 0 Å². The molecule has 0 radical (unpaired) electrons. The monoisotopic (exact) mass is 402 g/mol. The molecule has 2 aromatic heterocycles. The van der Waals surface area contributed by atoms with Gasteiger partial charge in [-0.3, -0.25) is 9.59 Å². The van der Waals surface area contributed by atoms with Crippen LogP contribution in [0.1, 0.15) is 17.5 Å². The fourth-order valence-electron chi connectivity index (χ4n) is 3.05. The van der Waals surface area contributed by atoms with Crippen LogP contribution in [0.5, 0.6) is 0 Å². The SMILES string of the molecule is C[C@@H](Sc1nncs1)C(=O)N1CCN(C(=O)c2cc3ccccc3o2)CC1. The quantitative estimate of drug-likeness (QED) is 0.625. The first-order valence-corrected chi connectivity index (χ1v) is 10.4. The maximum atomic E-state index is 12.7. The Morgan fingerprint density at radius 1 is 1.19 bits per heavy atom. The summed E-state index contributed by atoms with van der Waals surface area (Å²) < 4.78 is 6.45. The number of hydrogen-bond donors (Lipinski definition) is 0. The van der Waals surface area contributed by atoms with E-state index in [1.54, 1.807) is 21.4 Å². The van der Waals surface area contributed by atoms with Crippen LogP contribution in [0.4, 0.5) is 0 Å². The molecule has 3 aromatic rings. The van der Waals surface area contributed by atoms with Crippen molar-refractivity contribution in [3.63, 3.8) is 0 Å². The van der Waals surface area contributed by atoms with E-state index in [1.165, 1.54) is 23.1 Å².